The van der Waals surface area contributed by atoms with Crippen LogP contribution < -0.4 is 10.5 Å². The molecule has 0 saturated carbocycles. The summed E-state index contributed by atoms with van der Waals surface area (Å²) in [6.07, 6.45) is 0. The standard InChI is InChI=1S/C9H8ClNOS/c1-12-8-6(11)4-5-2-3-13-9(5)7(8)10/h2-4H,11H2,1H3. The number of rotatable bonds is 1. The number of nitrogen functional groups attached to an aromatic ring is 1. The molecule has 1 aromatic heterocycles. The Balaban J connectivity index is 2.85. The molecule has 0 unspecified atom stereocenters. The zero-order valence-corrected chi connectivity index (χ0v) is 8.58. The summed E-state index contributed by atoms with van der Waals surface area (Å²) in [4.78, 5) is 0. The molecule has 2 rings (SSSR count). The van der Waals surface area contributed by atoms with Crippen LogP contribution in [0.2, 0.25) is 5.02 Å². The Hall–Kier alpha value is -0.930. The van der Waals surface area contributed by atoms with E-state index in [-0.39, 0.29) is 0 Å². The summed E-state index contributed by atoms with van der Waals surface area (Å²) in [6.45, 7) is 0. The van der Waals surface area contributed by atoms with Gasteiger partial charge in [-0.2, -0.15) is 0 Å². The van der Waals surface area contributed by atoms with Crippen molar-refractivity contribution < 1.29 is 4.74 Å². The number of halogens is 1. The summed E-state index contributed by atoms with van der Waals surface area (Å²) >= 11 is 7.68. The van der Waals surface area contributed by atoms with Crippen molar-refractivity contribution in [2.75, 3.05) is 12.8 Å². The molecule has 0 aliphatic heterocycles. The van der Waals surface area contributed by atoms with Gasteiger partial charge in [0, 0.05) is 0 Å². The summed E-state index contributed by atoms with van der Waals surface area (Å²) in [5.74, 6) is 0.566. The van der Waals surface area contributed by atoms with Crippen LogP contribution in [-0.4, -0.2) is 7.11 Å². The van der Waals surface area contributed by atoms with Crippen LogP contribution >= 0.6 is 22.9 Å². The largest absolute Gasteiger partial charge is 0.493 e. The maximum absolute atomic E-state index is 6.09. The van der Waals surface area contributed by atoms with Crippen LogP contribution in [0.4, 0.5) is 5.69 Å². The number of methoxy groups -OCH3 is 1. The lowest BCUT2D eigenvalue weighted by Crippen LogP contribution is -1.92. The van der Waals surface area contributed by atoms with Gasteiger partial charge in [0.15, 0.2) is 5.75 Å². The number of hydrogen-bond donors (Lipinski definition) is 1. The lowest BCUT2D eigenvalue weighted by atomic mass is 10.2. The number of benzene rings is 1. The van der Waals surface area contributed by atoms with E-state index in [0.717, 1.165) is 10.1 Å². The van der Waals surface area contributed by atoms with Crippen LogP contribution in [0.5, 0.6) is 5.75 Å². The van der Waals surface area contributed by atoms with Crippen molar-refractivity contribution in [1.29, 1.82) is 0 Å². The van der Waals surface area contributed by atoms with Gasteiger partial charge in [-0.1, -0.05) is 11.6 Å². The molecule has 68 valence electrons. The van der Waals surface area contributed by atoms with Crippen LogP contribution in [0.1, 0.15) is 0 Å². The van der Waals surface area contributed by atoms with Gasteiger partial charge in [0.1, 0.15) is 5.02 Å². The molecule has 2 N–H and O–H groups in total. The lowest BCUT2D eigenvalue weighted by Gasteiger charge is -2.06. The van der Waals surface area contributed by atoms with E-state index in [4.69, 9.17) is 22.1 Å². The Bertz CT molecular complexity index is 452. The molecule has 0 spiro atoms. The highest BCUT2D eigenvalue weighted by molar-refractivity contribution is 7.18. The topological polar surface area (TPSA) is 35.2 Å². The number of anilines is 1. The van der Waals surface area contributed by atoms with Gasteiger partial charge in [-0.25, -0.2) is 0 Å². The van der Waals surface area contributed by atoms with Crippen molar-refractivity contribution in [3.05, 3.63) is 22.5 Å². The molecule has 0 saturated heterocycles. The Kier molecular flexibility index (Phi) is 2.06. The molecule has 4 heteroatoms. The van der Waals surface area contributed by atoms with E-state index >= 15 is 0 Å². The van der Waals surface area contributed by atoms with Gasteiger partial charge in [0.2, 0.25) is 0 Å². The zero-order valence-electron chi connectivity index (χ0n) is 7.00. The number of fused-ring (bicyclic) bond motifs is 1. The van der Waals surface area contributed by atoms with Crippen LogP contribution in [0, 0.1) is 0 Å². The minimum atomic E-state index is 0.566. The van der Waals surface area contributed by atoms with E-state index in [1.807, 2.05) is 17.5 Å². The van der Waals surface area contributed by atoms with Gasteiger partial charge in [-0.15, -0.1) is 11.3 Å². The second-order valence-corrected chi connectivity index (χ2v) is 3.95. The van der Waals surface area contributed by atoms with E-state index in [0.29, 0.717) is 16.5 Å². The normalized spacial score (nSPS) is 10.6. The second kappa shape index (κ2) is 3.09. The fourth-order valence-electron chi connectivity index (χ4n) is 1.28. The highest BCUT2D eigenvalue weighted by atomic mass is 35.5. The van der Waals surface area contributed by atoms with Crippen molar-refractivity contribution >= 4 is 38.7 Å². The van der Waals surface area contributed by atoms with Gasteiger partial charge in [0.25, 0.3) is 0 Å². The fourth-order valence-corrected chi connectivity index (χ4v) is 2.52. The maximum Gasteiger partial charge on any atom is 0.161 e. The SMILES string of the molecule is COc1c(N)cc2ccsc2c1Cl. The fraction of sp³-hybridized carbons (Fsp3) is 0.111. The van der Waals surface area contributed by atoms with Crippen LogP contribution in [0.15, 0.2) is 17.5 Å². The molecule has 1 aromatic carbocycles. The predicted octanol–water partition coefficient (Wildman–Crippen LogP) is 3.15. The van der Waals surface area contributed by atoms with Crippen molar-refractivity contribution in [2.24, 2.45) is 0 Å². The molecule has 0 radical (unpaired) electrons. The Morgan fingerprint density at radius 3 is 3.00 bits per heavy atom. The predicted molar refractivity (Wildman–Crippen MR) is 57.8 cm³/mol. The van der Waals surface area contributed by atoms with E-state index in [1.54, 1.807) is 18.4 Å². The van der Waals surface area contributed by atoms with Gasteiger partial charge >= 0.3 is 0 Å². The molecule has 0 bridgehead atoms. The molecular formula is C9H8ClNOS. The van der Waals surface area contributed by atoms with Crippen molar-refractivity contribution in [3.8, 4) is 5.75 Å². The molecule has 1 heterocycles. The maximum atomic E-state index is 6.09. The van der Waals surface area contributed by atoms with E-state index < -0.39 is 0 Å². The highest BCUT2D eigenvalue weighted by Gasteiger charge is 2.10. The third kappa shape index (κ3) is 1.24. The van der Waals surface area contributed by atoms with E-state index in [1.165, 1.54) is 0 Å². The summed E-state index contributed by atoms with van der Waals surface area (Å²) in [5, 5.41) is 3.65. The molecule has 13 heavy (non-hydrogen) atoms. The Morgan fingerprint density at radius 1 is 1.54 bits per heavy atom. The molecule has 2 nitrogen and oxygen atoms in total. The van der Waals surface area contributed by atoms with Crippen LogP contribution in [-0.2, 0) is 0 Å². The molecule has 0 fully saturated rings. The average molecular weight is 214 g/mol. The van der Waals surface area contributed by atoms with Gasteiger partial charge in [0.05, 0.1) is 17.5 Å². The minimum Gasteiger partial charge on any atom is -0.493 e. The first-order valence-electron chi connectivity index (χ1n) is 3.73. The first kappa shape index (κ1) is 8.66. The van der Waals surface area contributed by atoms with Gasteiger partial charge < -0.3 is 10.5 Å². The molecule has 0 aliphatic rings. The first-order valence-corrected chi connectivity index (χ1v) is 4.99. The number of hydrogen-bond acceptors (Lipinski definition) is 3. The Labute approximate surface area is 84.9 Å². The third-order valence-electron chi connectivity index (χ3n) is 1.87. The van der Waals surface area contributed by atoms with E-state index in [9.17, 15) is 0 Å². The Morgan fingerprint density at radius 2 is 2.31 bits per heavy atom. The first-order chi connectivity index (χ1) is 6.24. The van der Waals surface area contributed by atoms with Crippen molar-refractivity contribution in [1.82, 2.24) is 0 Å². The monoisotopic (exact) mass is 213 g/mol. The number of thiophene rings is 1. The summed E-state index contributed by atoms with van der Waals surface area (Å²) in [5.41, 5.74) is 6.33. The smallest absolute Gasteiger partial charge is 0.161 e. The van der Waals surface area contributed by atoms with Crippen LogP contribution in [0.25, 0.3) is 10.1 Å². The molecule has 0 amide bonds. The summed E-state index contributed by atoms with van der Waals surface area (Å²) < 4.78 is 6.12. The number of nitrogens with two attached hydrogens (primary N) is 1. The minimum absolute atomic E-state index is 0.566. The highest BCUT2D eigenvalue weighted by Crippen LogP contribution is 2.40. The summed E-state index contributed by atoms with van der Waals surface area (Å²) in [7, 11) is 1.57. The molecule has 0 aliphatic carbocycles. The molecule has 2 aromatic rings. The van der Waals surface area contributed by atoms with Gasteiger partial charge in [-0.3, -0.25) is 0 Å². The summed E-state index contributed by atoms with van der Waals surface area (Å²) in [6, 6.07) is 3.86. The lowest BCUT2D eigenvalue weighted by molar-refractivity contribution is 0.418. The quantitative estimate of drug-likeness (QED) is 0.739. The zero-order chi connectivity index (χ0) is 9.42. The molecule has 0 atom stereocenters. The molecular weight excluding hydrogens is 206 g/mol. The van der Waals surface area contributed by atoms with Gasteiger partial charge in [-0.05, 0) is 22.9 Å². The van der Waals surface area contributed by atoms with Crippen molar-refractivity contribution in [2.45, 2.75) is 0 Å². The van der Waals surface area contributed by atoms with Crippen molar-refractivity contribution in [3.63, 3.8) is 0 Å². The third-order valence-corrected chi connectivity index (χ3v) is 3.29. The average Bonchev–Trinajstić information content (AvgIpc) is 2.53. The number of ether oxygens (including phenoxy) is 1. The van der Waals surface area contributed by atoms with Crippen LogP contribution in [0.3, 0.4) is 0 Å². The van der Waals surface area contributed by atoms with E-state index in [2.05, 4.69) is 0 Å². The second-order valence-electron chi connectivity index (χ2n) is 2.65.